The zero-order valence-corrected chi connectivity index (χ0v) is 17.6. The quantitative estimate of drug-likeness (QED) is 0.738. The summed E-state index contributed by atoms with van der Waals surface area (Å²) in [5.41, 5.74) is 1.30. The summed E-state index contributed by atoms with van der Waals surface area (Å²) in [6.45, 7) is 6.51. The van der Waals surface area contributed by atoms with Gasteiger partial charge in [0.1, 0.15) is 0 Å². The highest BCUT2D eigenvalue weighted by molar-refractivity contribution is 5.73. The molecule has 1 aromatic rings. The molecule has 1 spiro atoms. The fourth-order valence-electron chi connectivity index (χ4n) is 4.22. The molecule has 1 N–H and O–H groups in total. The van der Waals surface area contributed by atoms with E-state index >= 15 is 0 Å². The van der Waals surface area contributed by atoms with Crippen molar-refractivity contribution >= 4 is 5.97 Å². The van der Waals surface area contributed by atoms with Gasteiger partial charge in [-0.2, -0.15) is 18.3 Å². The Morgan fingerprint density at radius 1 is 1.29 bits per heavy atom. The lowest BCUT2D eigenvalue weighted by Gasteiger charge is -2.53. The van der Waals surface area contributed by atoms with Crippen molar-refractivity contribution in [1.82, 2.24) is 14.7 Å². The molecule has 3 aliphatic heterocycles. The van der Waals surface area contributed by atoms with Crippen LogP contribution < -0.4 is 0 Å². The van der Waals surface area contributed by atoms with Crippen LogP contribution in [0.15, 0.2) is 12.4 Å². The smallest absolute Gasteiger partial charge is 0.475 e. The number of likely N-dealkylation sites (tertiary alicyclic amines) is 1. The molecule has 0 aliphatic carbocycles. The molecule has 8 nitrogen and oxygen atoms in total. The highest BCUT2D eigenvalue weighted by atomic mass is 19.4. The van der Waals surface area contributed by atoms with Gasteiger partial charge in [0.15, 0.2) is 0 Å². The van der Waals surface area contributed by atoms with E-state index in [1.807, 2.05) is 17.9 Å². The summed E-state index contributed by atoms with van der Waals surface area (Å²) >= 11 is 0. The molecule has 11 heteroatoms. The summed E-state index contributed by atoms with van der Waals surface area (Å²) in [7, 11) is 1.96. The van der Waals surface area contributed by atoms with E-state index in [0.29, 0.717) is 12.0 Å². The van der Waals surface area contributed by atoms with E-state index in [0.717, 1.165) is 71.7 Å². The first kappa shape index (κ1) is 24.0. The molecular weight excluding hydrogens is 419 g/mol. The van der Waals surface area contributed by atoms with E-state index in [2.05, 4.69) is 16.2 Å². The largest absolute Gasteiger partial charge is 0.490 e. The summed E-state index contributed by atoms with van der Waals surface area (Å²) < 4.78 is 51.4. The molecule has 4 heterocycles. The number of ether oxygens (including phenoxy) is 3. The number of carbonyl (C=O) groups is 1. The number of aryl methyl sites for hydroxylation is 1. The number of aromatic nitrogens is 2. The normalized spacial score (nSPS) is 24.3. The van der Waals surface area contributed by atoms with E-state index < -0.39 is 12.1 Å². The minimum atomic E-state index is -5.08. The predicted molar refractivity (Wildman–Crippen MR) is 103 cm³/mol. The van der Waals surface area contributed by atoms with Crippen LogP contribution in [0.25, 0.3) is 0 Å². The maximum Gasteiger partial charge on any atom is 0.490 e. The Morgan fingerprint density at radius 3 is 2.55 bits per heavy atom. The molecule has 4 rings (SSSR count). The third-order valence-electron chi connectivity index (χ3n) is 5.79. The van der Waals surface area contributed by atoms with Crippen molar-refractivity contribution in [2.24, 2.45) is 13.0 Å². The van der Waals surface area contributed by atoms with Gasteiger partial charge in [0, 0.05) is 71.3 Å². The molecule has 0 saturated carbocycles. The maximum atomic E-state index is 10.6. The number of nitrogens with zero attached hydrogens (tertiary/aromatic N) is 3. The second-order valence-electron chi connectivity index (χ2n) is 8.51. The lowest BCUT2D eigenvalue weighted by molar-refractivity contribution is -0.201. The Morgan fingerprint density at radius 2 is 1.97 bits per heavy atom. The van der Waals surface area contributed by atoms with Crippen LogP contribution in [0.3, 0.4) is 0 Å². The van der Waals surface area contributed by atoms with Gasteiger partial charge in [-0.3, -0.25) is 9.58 Å². The van der Waals surface area contributed by atoms with E-state index in [-0.39, 0.29) is 5.60 Å². The van der Waals surface area contributed by atoms with Crippen LogP contribution in [0, 0.1) is 5.92 Å². The maximum absolute atomic E-state index is 10.6. The second kappa shape index (κ2) is 10.3. The van der Waals surface area contributed by atoms with Gasteiger partial charge in [0.05, 0.1) is 17.9 Å². The first-order valence-corrected chi connectivity index (χ1v) is 10.5. The molecule has 3 fully saturated rings. The van der Waals surface area contributed by atoms with E-state index in [4.69, 9.17) is 24.1 Å². The number of halogens is 3. The van der Waals surface area contributed by atoms with Crippen molar-refractivity contribution in [2.75, 3.05) is 39.5 Å². The second-order valence-corrected chi connectivity index (χ2v) is 8.51. The average Bonchev–Trinajstić information content (AvgIpc) is 3.11. The van der Waals surface area contributed by atoms with Gasteiger partial charge in [0.25, 0.3) is 0 Å². The third kappa shape index (κ3) is 7.16. The number of aliphatic carboxylic acids is 1. The van der Waals surface area contributed by atoms with Crippen LogP contribution >= 0.6 is 0 Å². The number of rotatable bonds is 5. The molecule has 1 atom stereocenters. The van der Waals surface area contributed by atoms with E-state index in [9.17, 15) is 13.2 Å². The van der Waals surface area contributed by atoms with Crippen molar-refractivity contribution < 1.29 is 37.3 Å². The van der Waals surface area contributed by atoms with Gasteiger partial charge in [-0.1, -0.05) is 0 Å². The first-order valence-electron chi connectivity index (χ1n) is 10.5. The Hall–Kier alpha value is -1.69. The first-order chi connectivity index (χ1) is 14.7. The monoisotopic (exact) mass is 449 g/mol. The fraction of sp³-hybridized carbons (Fsp3) is 0.800. The van der Waals surface area contributed by atoms with Crippen molar-refractivity contribution in [3.8, 4) is 0 Å². The topological polar surface area (TPSA) is 86.0 Å². The minimum absolute atomic E-state index is 0.0286. The Balaban J connectivity index is 0.000000339. The molecule has 0 bridgehead atoms. The molecule has 3 saturated heterocycles. The lowest BCUT2D eigenvalue weighted by atomic mass is 9.84. The summed E-state index contributed by atoms with van der Waals surface area (Å²) in [4.78, 5) is 11.3. The van der Waals surface area contributed by atoms with Gasteiger partial charge >= 0.3 is 12.1 Å². The molecule has 176 valence electrons. The molecule has 0 radical (unpaired) electrons. The van der Waals surface area contributed by atoms with Gasteiger partial charge in [-0.05, 0) is 25.2 Å². The molecule has 1 unspecified atom stereocenters. The molecular formula is C20H30F3N3O5. The van der Waals surface area contributed by atoms with Crippen LogP contribution in [0.5, 0.6) is 0 Å². The zero-order chi connectivity index (χ0) is 22.5. The van der Waals surface area contributed by atoms with Crippen LogP contribution in [-0.4, -0.2) is 83.2 Å². The highest BCUT2D eigenvalue weighted by Crippen LogP contribution is 2.36. The molecule has 1 aromatic heterocycles. The van der Waals surface area contributed by atoms with Crippen LogP contribution in [-0.2, 0) is 32.6 Å². The summed E-state index contributed by atoms with van der Waals surface area (Å²) in [5, 5.41) is 11.4. The predicted octanol–water partition coefficient (Wildman–Crippen LogP) is 2.23. The van der Waals surface area contributed by atoms with Crippen LogP contribution in [0.2, 0.25) is 0 Å². The van der Waals surface area contributed by atoms with Crippen molar-refractivity contribution in [3.05, 3.63) is 18.0 Å². The molecule has 31 heavy (non-hydrogen) atoms. The highest BCUT2D eigenvalue weighted by Gasteiger charge is 2.47. The van der Waals surface area contributed by atoms with Gasteiger partial charge in [-0.25, -0.2) is 4.79 Å². The van der Waals surface area contributed by atoms with Crippen molar-refractivity contribution in [1.29, 1.82) is 0 Å². The molecule has 0 aromatic carbocycles. The number of carboxylic acids is 1. The van der Waals surface area contributed by atoms with Crippen LogP contribution in [0.4, 0.5) is 13.2 Å². The van der Waals surface area contributed by atoms with Crippen molar-refractivity contribution in [2.45, 2.75) is 50.1 Å². The van der Waals surface area contributed by atoms with Crippen molar-refractivity contribution in [3.63, 3.8) is 0 Å². The van der Waals surface area contributed by atoms with E-state index in [1.165, 1.54) is 5.56 Å². The van der Waals surface area contributed by atoms with Gasteiger partial charge in [0.2, 0.25) is 0 Å². The zero-order valence-electron chi connectivity index (χ0n) is 17.6. The molecule has 0 amide bonds. The number of carboxylic acid groups (broad SMARTS) is 1. The van der Waals surface area contributed by atoms with Gasteiger partial charge < -0.3 is 19.3 Å². The summed E-state index contributed by atoms with van der Waals surface area (Å²) in [6, 6.07) is 0. The average molecular weight is 449 g/mol. The molecule has 3 aliphatic rings. The Labute approximate surface area is 179 Å². The minimum Gasteiger partial charge on any atom is -0.475 e. The summed E-state index contributed by atoms with van der Waals surface area (Å²) in [6.07, 6.45) is 3.69. The van der Waals surface area contributed by atoms with Gasteiger partial charge in [-0.15, -0.1) is 0 Å². The third-order valence-corrected chi connectivity index (χ3v) is 5.79. The SMILES string of the molecule is Cn1cc(CN2CC3(CC(OCC4CCOCC4)CCO3)C2)cn1.O=C(O)C(F)(F)F. The lowest BCUT2D eigenvalue weighted by Crippen LogP contribution is -2.65. The number of hydrogen-bond donors (Lipinski definition) is 1. The van der Waals surface area contributed by atoms with E-state index in [1.54, 1.807) is 0 Å². The Kier molecular flexibility index (Phi) is 7.95. The Bertz CT molecular complexity index is 715. The fourth-order valence-corrected chi connectivity index (χ4v) is 4.22. The van der Waals surface area contributed by atoms with Crippen LogP contribution in [0.1, 0.15) is 31.2 Å². The summed E-state index contributed by atoms with van der Waals surface area (Å²) in [5.74, 6) is -2.08. The standard InChI is InChI=1S/C18H29N3O3.C2HF3O2/c1-20-10-16(9-19-20)11-21-13-18(14-21)8-17(4-7-24-18)23-12-15-2-5-22-6-3-15;3-2(4,5)1(6)7/h9-10,15,17H,2-8,11-14H2,1H3;(H,6,7). The number of alkyl halides is 3. The number of hydrogen-bond acceptors (Lipinski definition) is 6.